The van der Waals surface area contributed by atoms with E-state index in [4.69, 9.17) is 23.7 Å². The molecule has 3 aliphatic heterocycles. The average Bonchev–Trinajstić information content (AvgIpc) is 3.71. The number of Topliss-reactive ketones (excluding diaryl/α,β-unsaturated/α-hetero) is 2. The largest absolute Gasteiger partial charge is 0.458 e. The van der Waals surface area contributed by atoms with Crippen molar-refractivity contribution in [3.05, 3.63) is 24.7 Å². The number of imidazole rings is 1. The lowest BCUT2D eigenvalue weighted by molar-refractivity contribution is -0.296. The van der Waals surface area contributed by atoms with Gasteiger partial charge in [-0.15, -0.1) is 0 Å². The Kier molecular flexibility index (Phi) is 13.3. The fraction of sp³-hybridized carbons (Fsp3) is 0.750. The number of rotatable bonds is 10. The summed E-state index contributed by atoms with van der Waals surface area (Å²) >= 11 is 0. The van der Waals surface area contributed by atoms with Gasteiger partial charge in [0, 0.05) is 44.1 Å². The fourth-order valence-corrected chi connectivity index (χ4v) is 9.00. The minimum absolute atomic E-state index is 0.146. The molecular formula is C40H60FN5O10. The monoisotopic (exact) mass is 789 g/mol. The molecule has 3 saturated heterocycles. The highest BCUT2D eigenvalue weighted by molar-refractivity contribution is 6.00. The number of hydrogen-bond donors (Lipinski definition) is 2. The number of aromatic nitrogens is 3. The number of esters is 1. The van der Waals surface area contributed by atoms with Crippen LogP contribution in [0.2, 0.25) is 0 Å². The number of carbonyl (C=O) groups is 4. The molecule has 0 radical (unpaired) electrons. The maximum atomic E-state index is 17.6. The molecule has 312 valence electrons. The first kappa shape index (κ1) is 43.6. The Morgan fingerprint density at radius 1 is 1.11 bits per heavy atom. The van der Waals surface area contributed by atoms with E-state index in [9.17, 15) is 24.3 Å². The number of nitrogens with one attached hydrogen (secondary N) is 1. The molecule has 1 amide bonds. The van der Waals surface area contributed by atoms with Crippen molar-refractivity contribution < 1.29 is 52.4 Å². The summed E-state index contributed by atoms with van der Waals surface area (Å²) in [6.45, 7) is 11.3. The summed E-state index contributed by atoms with van der Waals surface area (Å²) in [6.07, 6.45) is -1.38. The second-order valence-corrected chi connectivity index (χ2v) is 16.7. The van der Waals surface area contributed by atoms with Gasteiger partial charge in [0.15, 0.2) is 34.8 Å². The van der Waals surface area contributed by atoms with Crippen LogP contribution >= 0.6 is 0 Å². The first-order chi connectivity index (χ1) is 26.3. The SMILES string of the molecule is CC[C@H]1OC(=O)[C@H](C)C(=O)[C@H](C)[C@@H](O[C@@H]2O[C@H](C)C[C@H](N(C)C)[C@H]2O)[C@](C)(OC)C[C@](C)(F)C(=O)[C@H](CCCCn2cnc3cccnc32)[C@@H]2NC(=O)O[C@]12C. The zero-order valence-electron chi connectivity index (χ0n) is 34.3. The minimum atomic E-state index is -2.61. The van der Waals surface area contributed by atoms with E-state index in [-0.39, 0.29) is 25.0 Å². The topological polar surface area (TPSA) is 181 Å². The summed E-state index contributed by atoms with van der Waals surface area (Å²) in [5.74, 6) is -5.88. The van der Waals surface area contributed by atoms with Crippen LogP contribution in [0, 0.1) is 17.8 Å². The number of amides is 1. The molecule has 13 atom stereocenters. The van der Waals surface area contributed by atoms with Crippen molar-refractivity contribution in [2.75, 3.05) is 21.2 Å². The number of unbranched alkanes of at least 4 members (excludes halogenated alkanes) is 1. The summed E-state index contributed by atoms with van der Waals surface area (Å²) in [5.41, 5.74) is -4.44. The molecule has 16 heteroatoms. The van der Waals surface area contributed by atoms with Crippen molar-refractivity contribution in [3.63, 3.8) is 0 Å². The van der Waals surface area contributed by atoms with Gasteiger partial charge in [-0.1, -0.05) is 20.3 Å². The van der Waals surface area contributed by atoms with Crippen LogP contribution in [0.25, 0.3) is 11.2 Å². The fourth-order valence-electron chi connectivity index (χ4n) is 9.00. The van der Waals surface area contributed by atoms with Crippen molar-refractivity contribution in [2.24, 2.45) is 17.8 Å². The number of methoxy groups -OCH3 is 1. The molecule has 0 aliphatic carbocycles. The molecule has 5 heterocycles. The summed E-state index contributed by atoms with van der Waals surface area (Å²) in [7, 11) is 4.98. The van der Waals surface area contributed by atoms with Crippen LogP contribution < -0.4 is 5.32 Å². The first-order valence-corrected chi connectivity index (χ1v) is 19.7. The number of nitrogens with zero attached hydrogens (tertiary/aromatic N) is 4. The quantitative estimate of drug-likeness (QED) is 0.199. The van der Waals surface area contributed by atoms with Gasteiger partial charge in [0.2, 0.25) is 0 Å². The summed E-state index contributed by atoms with van der Waals surface area (Å²) in [6, 6.07) is 2.20. The van der Waals surface area contributed by atoms with E-state index in [2.05, 4.69) is 15.3 Å². The number of alkyl carbamates (subject to hydrolysis) is 1. The van der Waals surface area contributed by atoms with E-state index in [0.29, 0.717) is 31.5 Å². The van der Waals surface area contributed by atoms with Crippen LogP contribution in [-0.2, 0) is 44.6 Å². The first-order valence-electron chi connectivity index (χ1n) is 19.7. The molecule has 15 nitrogen and oxygen atoms in total. The van der Waals surface area contributed by atoms with Crippen LogP contribution in [0.4, 0.5) is 9.18 Å². The van der Waals surface area contributed by atoms with E-state index in [1.54, 1.807) is 46.3 Å². The van der Waals surface area contributed by atoms with Gasteiger partial charge in [0.25, 0.3) is 0 Å². The molecule has 56 heavy (non-hydrogen) atoms. The van der Waals surface area contributed by atoms with Gasteiger partial charge in [-0.2, -0.15) is 0 Å². The smallest absolute Gasteiger partial charge is 0.408 e. The number of hydrogen-bond acceptors (Lipinski definition) is 13. The number of cyclic esters (lactones) is 1. The third kappa shape index (κ3) is 8.64. The zero-order chi connectivity index (χ0) is 41.3. The van der Waals surface area contributed by atoms with Crippen molar-refractivity contribution in [3.8, 4) is 0 Å². The number of pyridine rings is 1. The van der Waals surface area contributed by atoms with Crippen LogP contribution in [0.15, 0.2) is 24.7 Å². The summed E-state index contributed by atoms with van der Waals surface area (Å²) in [5, 5.41) is 14.2. The number of alkyl halides is 1. The van der Waals surface area contributed by atoms with E-state index in [1.807, 2.05) is 36.6 Å². The molecule has 0 unspecified atom stereocenters. The molecule has 0 aromatic carbocycles. The number of aryl methyl sites for hydroxylation is 1. The van der Waals surface area contributed by atoms with E-state index < -0.39 is 95.3 Å². The normalized spacial score (nSPS) is 38.9. The lowest BCUT2D eigenvalue weighted by atomic mass is 9.71. The van der Waals surface area contributed by atoms with Crippen molar-refractivity contribution in [1.82, 2.24) is 24.8 Å². The van der Waals surface area contributed by atoms with E-state index in [1.165, 1.54) is 21.0 Å². The second-order valence-electron chi connectivity index (χ2n) is 16.7. The molecule has 3 aliphatic rings. The molecule has 0 saturated carbocycles. The predicted octanol–water partition coefficient (Wildman–Crippen LogP) is 4.17. The molecular weight excluding hydrogens is 729 g/mol. The number of ether oxygens (including phenoxy) is 5. The number of carbonyl (C=O) groups excluding carboxylic acids is 4. The van der Waals surface area contributed by atoms with Crippen LogP contribution in [0.5, 0.6) is 0 Å². The van der Waals surface area contributed by atoms with Crippen molar-refractivity contribution in [1.29, 1.82) is 0 Å². The maximum absolute atomic E-state index is 17.6. The number of likely N-dealkylation sites (N-methyl/N-ethyl adjacent to an activating group) is 1. The highest BCUT2D eigenvalue weighted by Gasteiger charge is 2.60. The van der Waals surface area contributed by atoms with Crippen LogP contribution in [0.3, 0.4) is 0 Å². The standard InChI is InChI=1S/C40H60FN5O10/c1-11-28-40(7)31(44-37(51)56-40)25(15-12-13-18-46-21-43-26-16-14-17-42-34(26)46)32(49)38(5,41)20-39(6,52-10)33(23(3)29(47)24(4)35(50)54-28)55-36-30(48)27(45(8)9)19-22(2)53-36/h14,16-17,21-25,27-28,30-31,33,36,48H,11-13,15,18-20H2,1-10H3,(H,44,51)/t22-,23+,24-,25-,27+,28-,30-,31+,33-,36+,38+,39-,40-/m1/s1. The lowest BCUT2D eigenvalue weighted by Gasteiger charge is -2.47. The van der Waals surface area contributed by atoms with Gasteiger partial charge >= 0.3 is 12.1 Å². The van der Waals surface area contributed by atoms with Gasteiger partial charge in [-0.3, -0.25) is 14.4 Å². The second kappa shape index (κ2) is 17.1. The number of halogens is 1. The van der Waals surface area contributed by atoms with Gasteiger partial charge < -0.3 is 43.6 Å². The van der Waals surface area contributed by atoms with Gasteiger partial charge in [-0.05, 0) is 86.5 Å². The average molecular weight is 790 g/mol. The van der Waals surface area contributed by atoms with Gasteiger partial charge in [0.1, 0.15) is 23.6 Å². The zero-order valence-corrected chi connectivity index (χ0v) is 34.3. The third-order valence-corrected chi connectivity index (χ3v) is 12.3. The molecule has 0 bridgehead atoms. The predicted molar refractivity (Wildman–Crippen MR) is 202 cm³/mol. The van der Waals surface area contributed by atoms with Gasteiger partial charge in [-0.25, -0.2) is 19.2 Å². The maximum Gasteiger partial charge on any atom is 0.408 e. The van der Waals surface area contributed by atoms with Crippen LogP contribution in [-0.4, -0.2) is 129 Å². The number of aliphatic hydroxyl groups is 1. The molecule has 2 N–H and O–H groups in total. The van der Waals surface area contributed by atoms with Crippen LogP contribution in [0.1, 0.15) is 87.0 Å². The Bertz CT molecular complexity index is 1740. The Balaban J connectivity index is 1.54. The number of fused-ring (bicyclic) bond motifs is 2. The third-order valence-electron chi connectivity index (χ3n) is 12.3. The Hall–Kier alpha value is -3.57. The highest BCUT2D eigenvalue weighted by atomic mass is 19.1. The Labute approximate surface area is 328 Å². The van der Waals surface area contributed by atoms with Gasteiger partial charge in [0.05, 0.1) is 30.2 Å². The highest BCUT2D eigenvalue weighted by Crippen LogP contribution is 2.43. The van der Waals surface area contributed by atoms with E-state index >= 15 is 4.39 Å². The Morgan fingerprint density at radius 3 is 2.48 bits per heavy atom. The number of aliphatic hydroxyl groups excluding tert-OH is 1. The molecule has 2 aromatic heterocycles. The van der Waals surface area contributed by atoms with E-state index in [0.717, 1.165) is 5.52 Å². The summed E-state index contributed by atoms with van der Waals surface area (Å²) < 4.78 is 49.9. The molecule has 0 spiro atoms. The molecule has 5 rings (SSSR count). The van der Waals surface area contributed by atoms with Crippen molar-refractivity contribution >= 4 is 34.8 Å². The Morgan fingerprint density at radius 2 is 1.82 bits per heavy atom. The summed E-state index contributed by atoms with van der Waals surface area (Å²) in [4.78, 5) is 66.6. The lowest BCUT2D eigenvalue weighted by Crippen LogP contribution is -2.62. The molecule has 3 fully saturated rings. The minimum Gasteiger partial charge on any atom is -0.458 e. The number of ketones is 2. The molecule has 2 aromatic rings. The van der Waals surface area contributed by atoms with Crippen molar-refractivity contribution in [2.45, 2.75) is 153 Å².